The fourth-order valence-electron chi connectivity index (χ4n) is 1.66. The van der Waals surface area contributed by atoms with E-state index in [9.17, 15) is 0 Å². The van der Waals surface area contributed by atoms with E-state index in [1.54, 1.807) is 18.0 Å². The monoisotopic (exact) mass is 336 g/mol. The molecule has 0 aliphatic carbocycles. The highest BCUT2D eigenvalue weighted by Crippen LogP contribution is 2.32. The summed E-state index contributed by atoms with van der Waals surface area (Å²) >= 11 is 4.95. The Morgan fingerprint density at radius 1 is 1.16 bits per heavy atom. The summed E-state index contributed by atoms with van der Waals surface area (Å²) in [5.74, 6) is 0. The van der Waals surface area contributed by atoms with Gasteiger partial charge in [0.1, 0.15) is 5.03 Å². The van der Waals surface area contributed by atoms with Gasteiger partial charge < -0.3 is 5.73 Å². The van der Waals surface area contributed by atoms with Crippen LogP contribution in [0.4, 0.5) is 5.69 Å². The van der Waals surface area contributed by atoms with Crippen LogP contribution in [0.5, 0.6) is 0 Å². The van der Waals surface area contributed by atoms with Gasteiger partial charge in [-0.3, -0.25) is 0 Å². The number of nitrogens with two attached hydrogens (primary N) is 1. The van der Waals surface area contributed by atoms with Crippen LogP contribution < -0.4 is 5.73 Å². The van der Waals surface area contributed by atoms with E-state index < -0.39 is 0 Å². The van der Waals surface area contributed by atoms with Crippen molar-refractivity contribution in [3.05, 3.63) is 46.6 Å². The Morgan fingerprint density at radius 3 is 2.32 bits per heavy atom. The third-order valence-electron chi connectivity index (χ3n) is 2.78. The van der Waals surface area contributed by atoms with Gasteiger partial charge in [-0.05, 0) is 45.1 Å². The zero-order chi connectivity index (χ0) is 14.0. The summed E-state index contributed by atoms with van der Waals surface area (Å²) in [7, 11) is 0. The molecule has 0 spiro atoms. The maximum Gasteiger partial charge on any atom is 0.124 e. The van der Waals surface area contributed by atoms with Crippen LogP contribution in [0.15, 0.2) is 50.9 Å². The first-order chi connectivity index (χ1) is 8.86. The molecule has 0 amide bonds. The third-order valence-corrected chi connectivity index (χ3v) is 4.26. The van der Waals surface area contributed by atoms with Gasteiger partial charge in [-0.15, -0.1) is 0 Å². The molecule has 0 atom stereocenters. The van der Waals surface area contributed by atoms with Crippen LogP contribution in [0.2, 0.25) is 0 Å². The summed E-state index contributed by atoms with van der Waals surface area (Å²) in [6, 6.07) is 10.4. The minimum atomic E-state index is 0.179. The zero-order valence-corrected chi connectivity index (χ0v) is 13.7. The van der Waals surface area contributed by atoms with Crippen molar-refractivity contribution >= 4 is 33.4 Å². The molecule has 0 unspecified atom stereocenters. The lowest BCUT2D eigenvalue weighted by molar-refractivity contribution is 0.590. The van der Waals surface area contributed by atoms with Crippen LogP contribution in [0.1, 0.15) is 26.3 Å². The molecule has 0 fully saturated rings. The number of hydrogen-bond acceptors (Lipinski definition) is 3. The fourth-order valence-corrected chi connectivity index (χ4v) is 2.79. The third kappa shape index (κ3) is 3.74. The molecule has 0 bridgehead atoms. The van der Waals surface area contributed by atoms with Gasteiger partial charge in [0.25, 0.3) is 0 Å². The van der Waals surface area contributed by atoms with E-state index in [1.807, 2.05) is 6.07 Å². The summed E-state index contributed by atoms with van der Waals surface area (Å²) in [4.78, 5) is 5.48. The molecule has 0 radical (unpaired) electrons. The Morgan fingerprint density at radius 2 is 1.79 bits per heavy atom. The van der Waals surface area contributed by atoms with Crippen LogP contribution in [-0.4, -0.2) is 4.98 Å². The predicted octanol–water partition coefficient (Wildman–Crippen LogP) is 4.88. The minimum Gasteiger partial charge on any atom is -0.397 e. The number of anilines is 1. The summed E-state index contributed by atoms with van der Waals surface area (Å²) in [5.41, 5.74) is 8.15. The van der Waals surface area contributed by atoms with Crippen LogP contribution >= 0.6 is 27.7 Å². The van der Waals surface area contributed by atoms with E-state index in [2.05, 4.69) is 66.0 Å². The highest BCUT2D eigenvalue weighted by atomic mass is 79.9. The number of pyridine rings is 1. The quantitative estimate of drug-likeness (QED) is 0.849. The van der Waals surface area contributed by atoms with Crippen molar-refractivity contribution in [2.45, 2.75) is 36.1 Å². The smallest absolute Gasteiger partial charge is 0.124 e. The number of aromatic nitrogens is 1. The van der Waals surface area contributed by atoms with Gasteiger partial charge >= 0.3 is 0 Å². The van der Waals surface area contributed by atoms with Gasteiger partial charge in [0.2, 0.25) is 0 Å². The van der Waals surface area contributed by atoms with Gasteiger partial charge in [0.05, 0.1) is 5.69 Å². The van der Waals surface area contributed by atoms with Crippen molar-refractivity contribution < 1.29 is 0 Å². The van der Waals surface area contributed by atoms with Crippen LogP contribution in [-0.2, 0) is 5.41 Å². The van der Waals surface area contributed by atoms with Crippen molar-refractivity contribution in [1.29, 1.82) is 0 Å². The summed E-state index contributed by atoms with van der Waals surface area (Å²) < 4.78 is 0.900. The molecule has 19 heavy (non-hydrogen) atoms. The number of rotatable bonds is 2. The van der Waals surface area contributed by atoms with Crippen molar-refractivity contribution in [2.75, 3.05) is 5.73 Å². The Balaban J connectivity index is 2.20. The molecule has 0 aliphatic heterocycles. The molecule has 1 aromatic carbocycles. The van der Waals surface area contributed by atoms with E-state index in [4.69, 9.17) is 5.73 Å². The lowest BCUT2D eigenvalue weighted by Gasteiger charge is -2.19. The van der Waals surface area contributed by atoms with Gasteiger partial charge in [0, 0.05) is 15.6 Å². The first kappa shape index (κ1) is 14.4. The predicted molar refractivity (Wildman–Crippen MR) is 85.6 cm³/mol. The maximum atomic E-state index is 5.96. The molecule has 1 aromatic heterocycles. The Kier molecular flexibility index (Phi) is 4.21. The highest BCUT2D eigenvalue weighted by molar-refractivity contribution is 9.10. The molecule has 2 N–H and O–H groups in total. The molecule has 0 saturated heterocycles. The Bertz CT molecular complexity index is 574. The van der Waals surface area contributed by atoms with Crippen LogP contribution in [0.25, 0.3) is 0 Å². The molecule has 1 heterocycles. The molecular weight excluding hydrogens is 320 g/mol. The molecule has 100 valence electrons. The molecule has 2 nitrogen and oxygen atoms in total. The average Bonchev–Trinajstić information content (AvgIpc) is 2.32. The van der Waals surface area contributed by atoms with Crippen LogP contribution in [0, 0.1) is 0 Å². The van der Waals surface area contributed by atoms with Crippen LogP contribution in [0.3, 0.4) is 0 Å². The number of benzene rings is 1. The van der Waals surface area contributed by atoms with Gasteiger partial charge in [-0.1, -0.05) is 44.7 Å². The van der Waals surface area contributed by atoms with Gasteiger partial charge in [-0.2, -0.15) is 0 Å². The second-order valence-electron chi connectivity index (χ2n) is 5.42. The van der Waals surface area contributed by atoms with E-state index >= 15 is 0 Å². The molecule has 2 rings (SSSR count). The van der Waals surface area contributed by atoms with Gasteiger partial charge in [0.15, 0.2) is 0 Å². The number of nitrogens with zero attached hydrogens (tertiary/aromatic N) is 1. The standard InChI is InChI=1S/C15H17BrN2S/c1-15(2,3)10-4-6-12(7-5-10)19-14-13(17)8-11(16)9-18-14/h4-9H,17H2,1-3H3. The van der Waals surface area contributed by atoms with Gasteiger partial charge in [-0.25, -0.2) is 4.98 Å². The minimum absolute atomic E-state index is 0.179. The highest BCUT2D eigenvalue weighted by Gasteiger charge is 2.13. The summed E-state index contributed by atoms with van der Waals surface area (Å²) in [6.07, 6.45) is 1.77. The topological polar surface area (TPSA) is 38.9 Å². The SMILES string of the molecule is CC(C)(C)c1ccc(Sc2ncc(Br)cc2N)cc1. The average molecular weight is 337 g/mol. The maximum absolute atomic E-state index is 5.96. The molecule has 0 aliphatic rings. The molecule has 4 heteroatoms. The van der Waals surface area contributed by atoms with E-state index in [0.29, 0.717) is 5.69 Å². The fraction of sp³-hybridized carbons (Fsp3) is 0.267. The number of hydrogen-bond donors (Lipinski definition) is 1. The lowest BCUT2D eigenvalue weighted by atomic mass is 9.87. The lowest BCUT2D eigenvalue weighted by Crippen LogP contribution is -2.10. The second kappa shape index (κ2) is 5.55. The molecular formula is C15H17BrN2S. The van der Waals surface area contributed by atoms with E-state index in [-0.39, 0.29) is 5.41 Å². The summed E-state index contributed by atoms with van der Waals surface area (Å²) in [6.45, 7) is 6.64. The molecule has 0 saturated carbocycles. The Hall–Kier alpha value is -1.00. The first-order valence-electron chi connectivity index (χ1n) is 6.06. The van der Waals surface area contributed by atoms with Crippen molar-refractivity contribution in [3.8, 4) is 0 Å². The summed E-state index contributed by atoms with van der Waals surface area (Å²) in [5, 5.41) is 0.840. The normalized spacial score (nSPS) is 11.6. The first-order valence-corrected chi connectivity index (χ1v) is 7.66. The Labute approximate surface area is 126 Å². The largest absolute Gasteiger partial charge is 0.397 e. The second-order valence-corrected chi connectivity index (χ2v) is 7.40. The van der Waals surface area contributed by atoms with Crippen molar-refractivity contribution in [2.24, 2.45) is 0 Å². The van der Waals surface area contributed by atoms with E-state index in [1.165, 1.54) is 5.56 Å². The molecule has 2 aromatic rings. The number of halogens is 1. The van der Waals surface area contributed by atoms with Crippen molar-refractivity contribution in [3.63, 3.8) is 0 Å². The van der Waals surface area contributed by atoms with Crippen molar-refractivity contribution in [1.82, 2.24) is 4.98 Å². The van der Waals surface area contributed by atoms with E-state index in [0.717, 1.165) is 14.4 Å². The number of nitrogen functional groups attached to an aromatic ring is 1. The zero-order valence-electron chi connectivity index (χ0n) is 11.3.